The third-order valence-corrected chi connectivity index (χ3v) is 8.94. The summed E-state index contributed by atoms with van der Waals surface area (Å²) in [4.78, 5) is 26.7. The van der Waals surface area contributed by atoms with Crippen molar-refractivity contribution in [2.24, 2.45) is 11.8 Å². The van der Waals surface area contributed by atoms with Crippen LogP contribution >= 0.6 is 11.6 Å². The van der Waals surface area contributed by atoms with E-state index in [1.54, 1.807) is 6.33 Å². The number of amides is 1. The molecule has 3 fully saturated rings. The van der Waals surface area contributed by atoms with Crippen LogP contribution < -0.4 is 10.1 Å². The molecule has 2 saturated heterocycles. The van der Waals surface area contributed by atoms with Crippen LogP contribution in [-0.4, -0.2) is 65.0 Å². The Bertz CT molecular complexity index is 1300. The summed E-state index contributed by atoms with van der Waals surface area (Å²) >= 11 is 6.69. The fourth-order valence-corrected chi connectivity index (χ4v) is 6.67. The number of nitrogens with zero attached hydrogens (tertiary/aromatic N) is 4. The van der Waals surface area contributed by atoms with Gasteiger partial charge in [-0.2, -0.15) is 0 Å². The van der Waals surface area contributed by atoms with Crippen LogP contribution in [0.1, 0.15) is 55.3 Å². The van der Waals surface area contributed by atoms with Gasteiger partial charge in [-0.1, -0.05) is 36.9 Å². The van der Waals surface area contributed by atoms with E-state index in [-0.39, 0.29) is 12.0 Å². The molecular formula is C30H36ClN5O2. The Morgan fingerprint density at radius 3 is 2.63 bits per heavy atom. The van der Waals surface area contributed by atoms with Crippen molar-refractivity contribution in [1.29, 1.82) is 0 Å². The Morgan fingerprint density at radius 2 is 1.82 bits per heavy atom. The summed E-state index contributed by atoms with van der Waals surface area (Å²) in [5.74, 6) is 2.90. The van der Waals surface area contributed by atoms with E-state index in [1.165, 1.54) is 25.7 Å². The monoisotopic (exact) mass is 533 g/mol. The van der Waals surface area contributed by atoms with Crippen LogP contribution in [0.3, 0.4) is 0 Å². The molecule has 3 aromatic rings. The van der Waals surface area contributed by atoms with Crippen molar-refractivity contribution in [3.05, 3.63) is 53.3 Å². The number of aromatic nitrogens is 2. The molecule has 1 saturated carbocycles. The molecule has 38 heavy (non-hydrogen) atoms. The highest BCUT2D eigenvalue weighted by Crippen LogP contribution is 2.37. The van der Waals surface area contributed by atoms with Crippen molar-refractivity contribution in [2.75, 3.05) is 38.5 Å². The molecule has 1 N–H and O–H groups in total. The number of fused-ring (bicyclic) bond motifs is 2. The lowest BCUT2D eigenvalue weighted by Gasteiger charge is -2.41. The number of likely N-dealkylation sites (tertiary alicyclic amines) is 2. The number of hydrogen-bond donors (Lipinski definition) is 1. The van der Waals surface area contributed by atoms with Crippen LogP contribution in [0.2, 0.25) is 5.02 Å². The first-order valence-corrected chi connectivity index (χ1v) is 14.4. The van der Waals surface area contributed by atoms with Crippen LogP contribution in [0, 0.1) is 11.8 Å². The van der Waals surface area contributed by atoms with E-state index in [9.17, 15) is 4.79 Å². The topological polar surface area (TPSA) is 70.6 Å². The van der Waals surface area contributed by atoms with Crippen LogP contribution in [0.5, 0.6) is 5.75 Å². The van der Waals surface area contributed by atoms with E-state index in [0.717, 1.165) is 73.7 Å². The van der Waals surface area contributed by atoms with Crippen molar-refractivity contribution in [2.45, 2.75) is 51.0 Å². The van der Waals surface area contributed by atoms with E-state index < -0.39 is 0 Å². The maximum absolute atomic E-state index is 13.4. The lowest BCUT2D eigenvalue weighted by Crippen LogP contribution is -2.44. The Kier molecular flexibility index (Phi) is 7.39. The Morgan fingerprint density at radius 1 is 1.00 bits per heavy atom. The van der Waals surface area contributed by atoms with Crippen LogP contribution in [0.15, 0.2) is 42.7 Å². The predicted molar refractivity (Wildman–Crippen MR) is 151 cm³/mol. The van der Waals surface area contributed by atoms with Gasteiger partial charge in [0.25, 0.3) is 5.91 Å². The number of halogens is 1. The standard InChI is InChI=1S/C30H36ClN5O2/c1-35-14-12-23(13-15-35)38-27-8-4-7-26-28(27)29(33-19-32-26)34-22-9-10-24(25(31)17-22)30(37)36-16-11-20-5-2-3-6-21(20)18-36/h4,7-10,17,19-21,23H,2-3,5-6,11-16,18H2,1H3,(H,32,33,34). The molecule has 2 aliphatic heterocycles. The second-order valence-electron chi connectivity index (χ2n) is 11.2. The summed E-state index contributed by atoms with van der Waals surface area (Å²) in [6.07, 6.45) is 9.99. The molecule has 6 rings (SSSR count). The van der Waals surface area contributed by atoms with Gasteiger partial charge in [-0.3, -0.25) is 4.79 Å². The molecule has 200 valence electrons. The normalized spacial score (nSPS) is 22.7. The van der Waals surface area contributed by atoms with Crippen LogP contribution in [0.25, 0.3) is 10.9 Å². The summed E-state index contributed by atoms with van der Waals surface area (Å²) in [5.41, 5.74) is 2.15. The zero-order valence-corrected chi connectivity index (χ0v) is 22.8. The van der Waals surface area contributed by atoms with E-state index in [1.807, 2.05) is 41.3 Å². The molecular weight excluding hydrogens is 498 g/mol. The highest BCUT2D eigenvalue weighted by Gasteiger charge is 2.33. The summed E-state index contributed by atoms with van der Waals surface area (Å²) < 4.78 is 6.45. The average Bonchev–Trinajstić information content (AvgIpc) is 2.94. The molecule has 2 unspecified atom stereocenters. The SMILES string of the molecule is CN1CCC(Oc2cccc3ncnc(Nc4ccc(C(=O)N5CCC6CCCCC6C5)c(Cl)c4)c23)CC1. The average molecular weight is 534 g/mol. The van der Waals surface area contributed by atoms with Gasteiger partial charge in [-0.05, 0) is 74.9 Å². The Hall–Kier alpha value is -2.90. The quantitative estimate of drug-likeness (QED) is 0.424. The molecule has 2 aromatic carbocycles. The van der Waals surface area contributed by atoms with E-state index >= 15 is 0 Å². The first-order chi connectivity index (χ1) is 18.5. The lowest BCUT2D eigenvalue weighted by atomic mass is 9.75. The maximum Gasteiger partial charge on any atom is 0.255 e. The van der Waals surface area contributed by atoms with Gasteiger partial charge in [-0.15, -0.1) is 0 Å². The first kappa shape index (κ1) is 25.4. The fraction of sp³-hybridized carbons (Fsp3) is 0.500. The number of rotatable bonds is 5. The minimum atomic E-state index is 0.0341. The molecule has 0 spiro atoms. The smallest absolute Gasteiger partial charge is 0.255 e. The van der Waals surface area contributed by atoms with Gasteiger partial charge in [-0.25, -0.2) is 9.97 Å². The van der Waals surface area contributed by atoms with Gasteiger partial charge in [0, 0.05) is 31.9 Å². The van der Waals surface area contributed by atoms with Crippen molar-refractivity contribution in [3.8, 4) is 5.75 Å². The number of ether oxygens (including phenoxy) is 1. The second-order valence-corrected chi connectivity index (χ2v) is 11.6. The highest BCUT2D eigenvalue weighted by molar-refractivity contribution is 6.34. The highest BCUT2D eigenvalue weighted by atomic mass is 35.5. The Labute approximate surface area is 229 Å². The molecule has 1 amide bonds. The molecule has 1 aromatic heterocycles. The number of carbonyl (C=O) groups excluding carboxylic acids is 1. The number of nitrogens with one attached hydrogen (secondary N) is 1. The largest absolute Gasteiger partial charge is 0.489 e. The maximum atomic E-state index is 13.4. The summed E-state index contributed by atoms with van der Waals surface area (Å²) in [6, 6.07) is 11.5. The summed E-state index contributed by atoms with van der Waals surface area (Å²) in [7, 11) is 2.15. The van der Waals surface area contributed by atoms with Gasteiger partial charge in [0.05, 0.1) is 21.5 Å². The molecule has 8 heteroatoms. The molecule has 0 bridgehead atoms. The number of piperidine rings is 2. The van der Waals surface area contributed by atoms with Crippen molar-refractivity contribution in [1.82, 2.24) is 19.8 Å². The van der Waals surface area contributed by atoms with Gasteiger partial charge < -0.3 is 19.9 Å². The third-order valence-electron chi connectivity index (χ3n) is 8.62. The van der Waals surface area contributed by atoms with Gasteiger partial charge in [0.2, 0.25) is 0 Å². The van der Waals surface area contributed by atoms with Gasteiger partial charge >= 0.3 is 0 Å². The molecule has 2 atom stereocenters. The minimum absolute atomic E-state index is 0.0341. The van der Waals surface area contributed by atoms with Crippen molar-refractivity contribution in [3.63, 3.8) is 0 Å². The number of anilines is 2. The number of hydrogen-bond acceptors (Lipinski definition) is 6. The lowest BCUT2D eigenvalue weighted by molar-refractivity contribution is 0.0521. The van der Waals surface area contributed by atoms with E-state index in [4.69, 9.17) is 16.3 Å². The minimum Gasteiger partial charge on any atom is -0.489 e. The van der Waals surface area contributed by atoms with E-state index in [2.05, 4.69) is 27.2 Å². The van der Waals surface area contributed by atoms with Gasteiger partial charge in [0.1, 0.15) is 24.0 Å². The summed E-state index contributed by atoms with van der Waals surface area (Å²) in [6.45, 7) is 3.73. The Balaban J connectivity index is 1.20. The third kappa shape index (κ3) is 5.32. The summed E-state index contributed by atoms with van der Waals surface area (Å²) in [5, 5.41) is 4.71. The predicted octanol–water partition coefficient (Wildman–Crippen LogP) is 6.15. The molecule has 0 radical (unpaired) electrons. The molecule has 3 aliphatic rings. The zero-order valence-electron chi connectivity index (χ0n) is 22.0. The first-order valence-electron chi connectivity index (χ1n) is 14.0. The molecule has 7 nitrogen and oxygen atoms in total. The number of benzene rings is 2. The molecule has 1 aliphatic carbocycles. The fourth-order valence-electron chi connectivity index (χ4n) is 6.41. The second kappa shape index (κ2) is 11.1. The van der Waals surface area contributed by atoms with Crippen molar-refractivity contribution < 1.29 is 9.53 Å². The molecule has 3 heterocycles. The zero-order chi connectivity index (χ0) is 26.1. The van der Waals surface area contributed by atoms with Crippen LogP contribution in [0.4, 0.5) is 11.5 Å². The van der Waals surface area contributed by atoms with Crippen molar-refractivity contribution >= 4 is 39.9 Å². The van der Waals surface area contributed by atoms with E-state index in [0.29, 0.717) is 22.3 Å². The van der Waals surface area contributed by atoms with Crippen LogP contribution in [-0.2, 0) is 0 Å². The number of carbonyl (C=O) groups is 1. The van der Waals surface area contributed by atoms with Gasteiger partial charge in [0.15, 0.2) is 0 Å².